The maximum absolute atomic E-state index is 11.0. The second-order valence-electron chi connectivity index (χ2n) is 5.86. The molecule has 0 aliphatic heterocycles. The molecule has 5 nitrogen and oxygen atoms in total. The zero-order valence-electron chi connectivity index (χ0n) is 14.8. The van der Waals surface area contributed by atoms with Crippen molar-refractivity contribution >= 4 is 5.97 Å². The van der Waals surface area contributed by atoms with E-state index < -0.39 is 5.97 Å². The minimum absolute atomic E-state index is 0.0279. The summed E-state index contributed by atoms with van der Waals surface area (Å²) in [6.07, 6.45) is 0.904. The van der Waals surface area contributed by atoms with Crippen LogP contribution >= 0.6 is 0 Å². The van der Waals surface area contributed by atoms with Crippen LogP contribution in [0.2, 0.25) is 0 Å². The number of carboxylic acids is 1. The number of aliphatic carboxylic acids is 1. The van der Waals surface area contributed by atoms with Gasteiger partial charge in [-0.25, -0.2) is 0 Å². The maximum atomic E-state index is 11.0. The Bertz CT molecular complexity index is 673. The van der Waals surface area contributed by atoms with Gasteiger partial charge in [-0.15, -0.1) is 0 Å². The minimum atomic E-state index is -0.817. The van der Waals surface area contributed by atoms with Crippen LogP contribution in [0.4, 0.5) is 0 Å². The normalized spacial score (nSPS) is 10.7. The predicted octanol–water partition coefficient (Wildman–Crippen LogP) is 3.57. The average molecular weight is 343 g/mol. The number of ether oxygens (including phenoxy) is 2. The van der Waals surface area contributed by atoms with Crippen molar-refractivity contribution in [1.29, 1.82) is 0 Å². The van der Waals surface area contributed by atoms with Crippen LogP contribution in [0.3, 0.4) is 0 Å². The van der Waals surface area contributed by atoms with Crippen LogP contribution in [0.15, 0.2) is 48.5 Å². The number of carbonyl (C=O) groups is 1. The van der Waals surface area contributed by atoms with Crippen molar-refractivity contribution in [1.82, 2.24) is 4.90 Å². The Morgan fingerprint density at radius 2 is 1.84 bits per heavy atom. The lowest BCUT2D eigenvalue weighted by Gasteiger charge is -2.20. The molecule has 0 heterocycles. The number of nitrogens with zero attached hydrogens (tertiary/aromatic N) is 1. The number of rotatable bonds is 10. The van der Waals surface area contributed by atoms with Gasteiger partial charge in [0.05, 0.1) is 13.7 Å². The van der Waals surface area contributed by atoms with Crippen LogP contribution in [0.25, 0.3) is 0 Å². The number of methoxy groups -OCH3 is 1. The lowest BCUT2D eigenvalue weighted by Crippen LogP contribution is -2.30. The van der Waals surface area contributed by atoms with Crippen molar-refractivity contribution in [2.75, 3.05) is 20.2 Å². The molecule has 0 aromatic heterocycles. The van der Waals surface area contributed by atoms with Gasteiger partial charge < -0.3 is 14.6 Å². The Morgan fingerprint density at radius 1 is 1.08 bits per heavy atom. The van der Waals surface area contributed by atoms with E-state index in [1.807, 2.05) is 60.4 Å². The largest absolute Gasteiger partial charge is 0.493 e. The van der Waals surface area contributed by atoms with Gasteiger partial charge >= 0.3 is 5.97 Å². The Morgan fingerprint density at radius 3 is 2.48 bits per heavy atom. The van der Waals surface area contributed by atoms with E-state index in [2.05, 4.69) is 0 Å². The third-order valence-corrected chi connectivity index (χ3v) is 3.77. The topological polar surface area (TPSA) is 59.0 Å². The highest BCUT2D eigenvalue weighted by molar-refractivity contribution is 5.69. The second-order valence-corrected chi connectivity index (χ2v) is 5.86. The van der Waals surface area contributed by atoms with Crippen molar-refractivity contribution in [3.05, 3.63) is 59.7 Å². The fourth-order valence-electron chi connectivity index (χ4n) is 2.65. The zero-order valence-corrected chi connectivity index (χ0v) is 14.8. The standard InChI is InChI=1S/C20H25NO4/c1-3-11-21(14-20(22)23)13-17-9-10-18(24-2)19(12-17)25-15-16-7-5-4-6-8-16/h4-10,12H,3,11,13-15H2,1-2H3,(H,22,23). The van der Waals surface area contributed by atoms with Crippen molar-refractivity contribution < 1.29 is 19.4 Å². The molecule has 0 fully saturated rings. The summed E-state index contributed by atoms with van der Waals surface area (Å²) in [6, 6.07) is 15.7. The first kappa shape index (κ1) is 18.8. The molecule has 0 amide bonds. The summed E-state index contributed by atoms with van der Waals surface area (Å²) in [6.45, 7) is 3.82. The summed E-state index contributed by atoms with van der Waals surface area (Å²) in [7, 11) is 1.61. The van der Waals surface area contributed by atoms with Gasteiger partial charge in [0.1, 0.15) is 6.61 Å². The van der Waals surface area contributed by atoms with Crippen LogP contribution in [0.5, 0.6) is 11.5 Å². The summed E-state index contributed by atoms with van der Waals surface area (Å²) >= 11 is 0. The molecule has 0 unspecified atom stereocenters. The zero-order chi connectivity index (χ0) is 18.1. The van der Waals surface area contributed by atoms with Crippen LogP contribution in [-0.2, 0) is 17.9 Å². The van der Waals surface area contributed by atoms with E-state index in [1.165, 1.54) is 0 Å². The monoisotopic (exact) mass is 343 g/mol. The molecule has 2 aromatic carbocycles. The molecule has 134 valence electrons. The summed E-state index contributed by atoms with van der Waals surface area (Å²) in [4.78, 5) is 12.9. The average Bonchev–Trinajstić information content (AvgIpc) is 2.60. The molecule has 0 saturated carbocycles. The SMILES string of the molecule is CCCN(CC(=O)O)Cc1ccc(OC)c(OCc2ccccc2)c1. The minimum Gasteiger partial charge on any atom is -0.493 e. The quantitative estimate of drug-likeness (QED) is 0.715. The maximum Gasteiger partial charge on any atom is 0.317 e. The van der Waals surface area contributed by atoms with Crippen molar-refractivity contribution in [2.24, 2.45) is 0 Å². The molecule has 0 radical (unpaired) electrons. The van der Waals surface area contributed by atoms with Crippen LogP contribution in [0, 0.1) is 0 Å². The van der Waals surface area contributed by atoms with Crippen molar-refractivity contribution in [3.63, 3.8) is 0 Å². The van der Waals surface area contributed by atoms with Gasteiger partial charge in [0.2, 0.25) is 0 Å². The number of hydrogen-bond acceptors (Lipinski definition) is 4. The highest BCUT2D eigenvalue weighted by Crippen LogP contribution is 2.29. The van der Waals surface area contributed by atoms with E-state index in [9.17, 15) is 4.79 Å². The van der Waals surface area contributed by atoms with Crippen molar-refractivity contribution in [2.45, 2.75) is 26.5 Å². The summed E-state index contributed by atoms with van der Waals surface area (Å²) in [5.41, 5.74) is 2.08. The molecular weight excluding hydrogens is 318 g/mol. The fourth-order valence-corrected chi connectivity index (χ4v) is 2.65. The summed E-state index contributed by atoms with van der Waals surface area (Å²) in [5, 5.41) is 9.05. The summed E-state index contributed by atoms with van der Waals surface area (Å²) < 4.78 is 11.3. The molecular formula is C20H25NO4. The smallest absolute Gasteiger partial charge is 0.317 e. The molecule has 1 N–H and O–H groups in total. The van der Waals surface area contributed by atoms with Crippen LogP contribution in [-0.4, -0.2) is 36.2 Å². The Balaban J connectivity index is 2.10. The molecule has 5 heteroatoms. The van der Waals surface area contributed by atoms with E-state index in [-0.39, 0.29) is 6.54 Å². The lowest BCUT2D eigenvalue weighted by molar-refractivity contribution is -0.138. The summed E-state index contributed by atoms with van der Waals surface area (Å²) in [5.74, 6) is 0.512. The molecule has 0 bridgehead atoms. The van der Waals surface area contributed by atoms with Gasteiger partial charge in [-0.2, -0.15) is 0 Å². The molecule has 0 atom stereocenters. The number of hydrogen-bond donors (Lipinski definition) is 1. The number of carboxylic acid groups (broad SMARTS) is 1. The fraction of sp³-hybridized carbons (Fsp3) is 0.350. The van der Waals surface area contributed by atoms with E-state index >= 15 is 0 Å². The van der Waals surface area contributed by atoms with E-state index in [1.54, 1.807) is 7.11 Å². The molecule has 2 rings (SSSR count). The molecule has 0 aliphatic carbocycles. The van der Waals surface area contributed by atoms with Gasteiger partial charge in [0, 0.05) is 6.54 Å². The first-order valence-electron chi connectivity index (χ1n) is 8.40. The van der Waals surface area contributed by atoms with Gasteiger partial charge in [0.15, 0.2) is 11.5 Å². The highest BCUT2D eigenvalue weighted by Gasteiger charge is 2.12. The van der Waals surface area contributed by atoms with Crippen LogP contribution < -0.4 is 9.47 Å². The number of benzene rings is 2. The van der Waals surface area contributed by atoms with Gasteiger partial charge in [-0.3, -0.25) is 9.69 Å². The van der Waals surface area contributed by atoms with E-state index in [4.69, 9.17) is 14.6 Å². The van der Waals surface area contributed by atoms with Gasteiger partial charge in [0.25, 0.3) is 0 Å². The van der Waals surface area contributed by atoms with E-state index in [0.717, 1.165) is 24.1 Å². The third kappa shape index (κ3) is 6.12. The van der Waals surface area contributed by atoms with Crippen LogP contribution in [0.1, 0.15) is 24.5 Å². The first-order valence-corrected chi connectivity index (χ1v) is 8.40. The molecule has 0 spiro atoms. The Labute approximate surface area is 148 Å². The predicted molar refractivity (Wildman–Crippen MR) is 97.0 cm³/mol. The first-order chi connectivity index (χ1) is 12.1. The Kier molecular flexibility index (Phi) is 7.29. The lowest BCUT2D eigenvalue weighted by atomic mass is 10.1. The van der Waals surface area contributed by atoms with E-state index in [0.29, 0.717) is 24.7 Å². The van der Waals surface area contributed by atoms with Gasteiger partial charge in [-0.1, -0.05) is 43.3 Å². The molecule has 0 saturated heterocycles. The van der Waals surface area contributed by atoms with Crippen molar-refractivity contribution in [3.8, 4) is 11.5 Å². The van der Waals surface area contributed by atoms with Gasteiger partial charge in [-0.05, 0) is 36.2 Å². The third-order valence-electron chi connectivity index (χ3n) is 3.77. The highest BCUT2D eigenvalue weighted by atomic mass is 16.5. The Hall–Kier alpha value is -2.53. The molecule has 2 aromatic rings. The second kappa shape index (κ2) is 9.69. The molecule has 0 aliphatic rings. The molecule has 25 heavy (non-hydrogen) atoms.